The van der Waals surface area contributed by atoms with Gasteiger partial charge in [-0.2, -0.15) is 0 Å². The summed E-state index contributed by atoms with van der Waals surface area (Å²) in [5.74, 6) is 1.80. The molecular formula is C13H17N3O. The van der Waals surface area contributed by atoms with Gasteiger partial charge in [-0.15, -0.1) is 10.2 Å². The van der Waals surface area contributed by atoms with Gasteiger partial charge in [0.25, 0.3) is 0 Å². The molecule has 4 heteroatoms. The lowest BCUT2D eigenvalue weighted by molar-refractivity contribution is 0.340. The van der Waals surface area contributed by atoms with E-state index in [0.717, 1.165) is 30.1 Å². The van der Waals surface area contributed by atoms with E-state index in [4.69, 9.17) is 4.74 Å². The molecule has 1 aromatic heterocycles. The van der Waals surface area contributed by atoms with E-state index in [2.05, 4.69) is 21.7 Å². The van der Waals surface area contributed by atoms with Crippen LogP contribution in [0.3, 0.4) is 0 Å². The first kappa shape index (κ1) is 11.6. The zero-order valence-corrected chi connectivity index (χ0v) is 10.3. The SMILES string of the molecule is CCCn1cnnc1-c1ccc(OCC)cc1. The molecule has 17 heavy (non-hydrogen) atoms. The number of benzene rings is 1. The van der Waals surface area contributed by atoms with Crippen LogP contribution in [0.5, 0.6) is 5.75 Å². The van der Waals surface area contributed by atoms with Gasteiger partial charge in [-0.05, 0) is 37.6 Å². The van der Waals surface area contributed by atoms with E-state index < -0.39 is 0 Å². The molecule has 0 radical (unpaired) electrons. The number of ether oxygens (including phenoxy) is 1. The third-order valence-electron chi connectivity index (χ3n) is 2.50. The van der Waals surface area contributed by atoms with Crippen molar-refractivity contribution in [2.24, 2.45) is 0 Å². The van der Waals surface area contributed by atoms with E-state index in [1.165, 1.54) is 0 Å². The fraction of sp³-hybridized carbons (Fsp3) is 0.385. The van der Waals surface area contributed by atoms with Crippen LogP contribution in [-0.4, -0.2) is 21.4 Å². The lowest BCUT2D eigenvalue weighted by atomic mass is 10.2. The maximum absolute atomic E-state index is 5.41. The molecule has 0 aliphatic heterocycles. The highest BCUT2D eigenvalue weighted by Gasteiger charge is 2.06. The van der Waals surface area contributed by atoms with Gasteiger partial charge < -0.3 is 9.30 Å². The Balaban J connectivity index is 2.23. The van der Waals surface area contributed by atoms with Crippen LogP contribution in [0.25, 0.3) is 11.4 Å². The molecule has 90 valence electrons. The first-order valence-electron chi connectivity index (χ1n) is 5.96. The van der Waals surface area contributed by atoms with Gasteiger partial charge in [-0.25, -0.2) is 0 Å². The topological polar surface area (TPSA) is 39.9 Å². The van der Waals surface area contributed by atoms with Gasteiger partial charge in [0.2, 0.25) is 0 Å². The van der Waals surface area contributed by atoms with Crippen molar-refractivity contribution in [3.8, 4) is 17.1 Å². The van der Waals surface area contributed by atoms with Crippen LogP contribution in [0.1, 0.15) is 20.3 Å². The molecule has 0 unspecified atom stereocenters. The number of rotatable bonds is 5. The Kier molecular flexibility index (Phi) is 3.75. The number of nitrogens with zero attached hydrogens (tertiary/aromatic N) is 3. The van der Waals surface area contributed by atoms with Crippen LogP contribution < -0.4 is 4.74 Å². The van der Waals surface area contributed by atoms with E-state index in [9.17, 15) is 0 Å². The highest BCUT2D eigenvalue weighted by Crippen LogP contribution is 2.20. The van der Waals surface area contributed by atoms with Crippen LogP contribution in [0.2, 0.25) is 0 Å². The number of aryl methyl sites for hydroxylation is 1. The van der Waals surface area contributed by atoms with Crippen molar-refractivity contribution in [2.75, 3.05) is 6.61 Å². The highest BCUT2D eigenvalue weighted by atomic mass is 16.5. The summed E-state index contributed by atoms with van der Waals surface area (Å²) < 4.78 is 7.48. The average Bonchev–Trinajstić information content (AvgIpc) is 2.79. The second-order valence-electron chi connectivity index (χ2n) is 3.81. The summed E-state index contributed by atoms with van der Waals surface area (Å²) in [5, 5.41) is 8.11. The van der Waals surface area contributed by atoms with Crippen molar-refractivity contribution in [3.05, 3.63) is 30.6 Å². The Bertz CT molecular complexity index is 462. The van der Waals surface area contributed by atoms with Crippen molar-refractivity contribution < 1.29 is 4.74 Å². The van der Waals surface area contributed by atoms with Crippen molar-refractivity contribution in [1.82, 2.24) is 14.8 Å². The quantitative estimate of drug-likeness (QED) is 0.794. The molecule has 0 saturated heterocycles. The fourth-order valence-corrected chi connectivity index (χ4v) is 1.75. The first-order chi connectivity index (χ1) is 8.35. The molecule has 0 N–H and O–H groups in total. The average molecular weight is 231 g/mol. The van der Waals surface area contributed by atoms with Crippen LogP contribution in [-0.2, 0) is 6.54 Å². The predicted molar refractivity (Wildman–Crippen MR) is 66.9 cm³/mol. The zero-order valence-electron chi connectivity index (χ0n) is 10.3. The second kappa shape index (κ2) is 5.48. The minimum absolute atomic E-state index is 0.686. The number of aromatic nitrogens is 3. The van der Waals surface area contributed by atoms with E-state index in [0.29, 0.717) is 6.61 Å². The molecule has 0 aliphatic carbocycles. The molecule has 0 atom stereocenters. The Morgan fingerprint density at radius 3 is 2.59 bits per heavy atom. The standard InChI is InChI=1S/C13H17N3O/c1-3-9-16-10-14-15-13(16)11-5-7-12(8-6-11)17-4-2/h5-8,10H,3-4,9H2,1-2H3. The minimum atomic E-state index is 0.686. The largest absolute Gasteiger partial charge is 0.494 e. The van der Waals surface area contributed by atoms with Crippen LogP contribution in [0.4, 0.5) is 0 Å². The second-order valence-corrected chi connectivity index (χ2v) is 3.81. The summed E-state index contributed by atoms with van der Waals surface area (Å²) in [6, 6.07) is 7.95. The Morgan fingerprint density at radius 1 is 1.18 bits per heavy atom. The van der Waals surface area contributed by atoms with Crippen molar-refractivity contribution in [3.63, 3.8) is 0 Å². The third-order valence-corrected chi connectivity index (χ3v) is 2.50. The van der Waals surface area contributed by atoms with E-state index in [1.807, 2.05) is 31.2 Å². The lowest BCUT2D eigenvalue weighted by Gasteiger charge is -2.06. The van der Waals surface area contributed by atoms with Gasteiger partial charge in [0.15, 0.2) is 5.82 Å². The number of hydrogen-bond donors (Lipinski definition) is 0. The van der Waals surface area contributed by atoms with Crippen LogP contribution in [0.15, 0.2) is 30.6 Å². The summed E-state index contributed by atoms with van der Waals surface area (Å²) in [6.07, 6.45) is 2.84. The molecule has 1 heterocycles. The Morgan fingerprint density at radius 2 is 1.94 bits per heavy atom. The predicted octanol–water partition coefficient (Wildman–Crippen LogP) is 2.75. The molecule has 4 nitrogen and oxygen atoms in total. The third kappa shape index (κ3) is 2.64. The summed E-state index contributed by atoms with van der Waals surface area (Å²) in [6.45, 7) is 5.74. The molecule has 0 saturated carbocycles. The molecule has 0 amide bonds. The summed E-state index contributed by atoms with van der Waals surface area (Å²) in [7, 11) is 0. The fourth-order valence-electron chi connectivity index (χ4n) is 1.75. The molecule has 1 aromatic carbocycles. The van der Waals surface area contributed by atoms with Gasteiger partial charge in [-0.3, -0.25) is 0 Å². The van der Waals surface area contributed by atoms with Crippen molar-refractivity contribution >= 4 is 0 Å². The smallest absolute Gasteiger partial charge is 0.163 e. The van der Waals surface area contributed by atoms with E-state index >= 15 is 0 Å². The normalized spacial score (nSPS) is 10.5. The summed E-state index contributed by atoms with van der Waals surface area (Å²) in [4.78, 5) is 0. The molecule has 0 spiro atoms. The van der Waals surface area contributed by atoms with Gasteiger partial charge >= 0.3 is 0 Å². The van der Waals surface area contributed by atoms with Gasteiger partial charge in [-0.1, -0.05) is 6.92 Å². The first-order valence-corrected chi connectivity index (χ1v) is 5.96. The molecule has 2 aromatic rings. The van der Waals surface area contributed by atoms with Gasteiger partial charge in [0, 0.05) is 12.1 Å². The van der Waals surface area contributed by atoms with Crippen molar-refractivity contribution in [1.29, 1.82) is 0 Å². The summed E-state index contributed by atoms with van der Waals surface area (Å²) >= 11 is 0. The molecule has 0 bridgehead atoms. The van der Waals surface area contributed by atoms with E-state index in [-0.39, 0.29) is 0 Å². The van der Waals surface area contributed by atoms with Crippen LogP contribution >= 0.6 is 0 Å². The molecule has 2 rings (SSSR count). The summed E-state index contributed by atoms with van der Waals surface area (Å²) in [5.41, 5.74) is 1.07. The maximum atomic E-state index is 5.41. The van der Waals surface area contributed by atoms with Gasteiger partial charge in [0.05, 0.1) is 6.61 Å². The molecule has 0 fully saturated rings. The highest BCUT2D eigenvalue weighted by molar-refractivity contribution is 5.56. The van der Waals surface area contributed by atoms with Crippen molar-refractivity contribution in [2.45, 2.75) is 26.8 Å². The molecular weight excluding hydrogens is 214 g/mol. The maximum Gasteiger partial charge on any atom is 0.163 e. The van der Waals surface area contributed by atoms with Gasteiger partial charge in [0.1, 0.15) is 12.1 Å². The number of hydrogen-bond acceptors (Lipinski definition) is 3. The monoisotopic (exact) mass is 231 g/mol. The Hall–Kier alpha value is -1.84. The molecule has 0 aliphatic rings. The Labute approximate surface area is 101 Å². The van der Waals surface area contributed by atoms with E-state index in [1.54, 1.807) is 6.33 Å². The lowest BCUT2D eigenvalue weighted by Crippen LogP contribution is -1.98. The minimum Gasteiger partial charge on any atom is -0.494 e. The zero-order chi connectivity index (χ0) is 12.1. The van der Waals surface area contributed by atoms with Crippen LogP contribution in [0, 0.1) is 0 Å².